The first kappa shape index (κ1) is 14.4. The molecule has 2 N–H and O–H groups in total. The van der Waals surface area contributed by atoms with Crippen molar-refractivity contribution < 1.29 is 12.8 Å². The summed E-state index contributed by atoms with van der Waals surface area (Å²) in [4.78, 5) is 6.22. The number of benzene rings is 1. The van der Waals surface area contributed by atoms with Gasteiger partial charge in [0.2, 0.25) is 10.0 Å². The van der Waals surface area contributed by atoms with Crippen LogP contribution in [0, 0.1) is 5.82 Å². The Balaban J connectivity index is 1.90. The molecule has 2 heterocycles. The highest BCUT2D eigenvalue weighted by Gasteiger charge is 2.29. The zero-order valence-corrected chi connectivity index (χ0v) is 12.7. The molecule has 0 spiro atoms. The summed E-state index contributed by atoms with van der Waals surface area (Å²) in [6, 6.07) is 6.47. The van der Waals surface area contributed by atoms with Crippen LogP contribution < -0.4 is 10.0 Å². The van der Waals surface area contributed by atoms with Crippen molar-refractivity contribution in [3.8, 4) is 0 Å². The van der Waals surface area contributed by atoms with E-state index in [1.807, 2.05) is 4.90 Å². The van der Waals surface area contributed by atoms with Gasteiger partial charge in [-0.1, -0.05) is 23.5 Å². The van der Waals surface area contributed by atoms with E-state index in [1.165, 1.54) is 18.3 Å². The number of anilines is 1. The minimum absolute atomic E-state index is 0.0576. The Hall–Kier alpha value is -1.51. The molecule has 8 heteroatoms. The summed E-state index contributed by atoms with van der Waals surface area (Å²) < 4.78 is 35.8. The van der Waals surface area contributed by atoms with Gasteiger partial charge in [0.05, 0.1) is 12.2 Å². The molecular formula is C13H14FN3O2S2. The van der Waals surface area contributed by atoms with Gasteiger partial charge in [0.15, 0.2) is 9.34 Å². The molecular weight excluding hydrogens is 313 g/mol. The zero-order chi connectivity index (χ0) is 15.0. The second kappa shape index (κ2) is 5.36. The van der Waals surface area contributed by atoms with Crippen molar-refractivity contribution in [2.75, 3.05) is 11.4 Å². The molecule has 1 saturated heterocycles. The first-order valence-corrected chi connectivity index (χ1v) is 8.82. The smallest absolute Gasteiger partial charge is 0.249 e. The number of sulfonamides is 1. The molecule has 112 valence electrons. The van der Waals surface area contributed by atoms with Gasteiger partial charge in [-0.3, -0.25) is 0 Å². The van der Waals surface area contributed by atoms with E-state index in [9.17, 15) is 12.8 Å². The van der Waals surface area contributed by atoms with Crippen LogP contribution in [0.3, 0.4) is 0 Å². The van der Waals surface area contributed by atoms with E-state index in [0.717, 1.165) is 36.3 Å². The van der Waals surface area contributed by atoms with E-state index in [2.05, 4.69) is 4.98 Å². The van der Waals surface area contributed by atoms with Crippen LogP contribution >= 0.6 is 11.3 Å². The van der Waals surface area contributed by atoms with Crippen molar-refractivity contribution in [2.24, 2.45) is 5.14 Å². The average Bonchev–Trinajstić information content (AvgIpc) is 3.07. The van der Waals surface area contributed by atoms with Gasteiger partial charge in [-0.25, -0.2) is 22.9 Å². The molecule has 0 aliphatic carbocycles. The summed E-state index contributed by atoms with van der Waals surface area (Å²) in [6.07, 6.45) is 3.19. The summed E-state index contributed by atoms with van der Waals surface area (Å²) in [6.45, 7) is 0.791. The molecule has 1 aromatic carbocycles. The van der Waals surface area contributed by atoms with Crippen LogP contribution in [0.2, 0.25) is 0 Å². The Kier molecular flexibility index (Phi) is 3.68. The highest BCUT2D eigenvalue weighted by molar-refractivity contribution is 7.91. The molecule has 2 aromatic rings. The summed E-state index contributed by atoms with van der Waals surface area (Å²) in [7, 11) is -3.72. The van der Waals surface area contributed by atoms with Crippen molar-refractivity contribution in [1.82, 2.24) is 4.98 Å². The van der Waals surface area contributed by atoms with Crippen molar-refractivity contribution in [2.45, 2.75) is 23.1 Å². The summed E-state index contributed by atoms with van der Waals surface area (Å²) >= 11 is 1.07. The Labute approximate surface area is 126 Å². The van der Waals surface area contributed by atoms with Crippen molar-refractivity contribution in [3.63, 3.8) is 0 Å². The van der Waals surface area contributed by atoms with E-state index in [0.29, 0.717) is 5.13 Å². The van der Waals surface area contributed by atoms with Gasteiger partial charge in [0.1, 0.15) is 5.82 Å². The van der Waals surface area contributed by atoms with Gasteiger partial charge < -0.3 is 4.90 Å². The van der Waals surface area contributed by atoms with Gasteiger partial charge in [-0.15, -0.1) is 0 Å². The fourth-order valence-electron chi connectivity index (χ4n) is 2.54. The minimum Gasteiger partial charge on any atom is -0.341 e. The molecule has 1 fully saturated rings. The van der Waals surface area contributed by atoms with Crippen LogP contribution in [-0.4, -0.2) is 19.9 Å². The SMILES string of the molecule is NS(=O)(=O)c1cnc(N2CCCC2c2ccc(F)cc2)s1. The van der Waals surface area contributed by atoms with Gasteiger partial charge >= 0.3 is 0 Å². The Bertz CT molecular complexity index is 743. The van der Waals surface area contributed by atoms with Crippen molar-refractivity contribution >= 4 is 26.5 Å². The lowest BCUT2D eigenvalue weighted by Gasteiger charge is -2.24. The maximum absolute atomic E-state index is 13.0. The molecule has 1 aliphatic rings. The fourth-order valence-corrected chi connectivity index (χ4v) is 4.16. The second-order valence-electron chi connectivity index (χ2n) is 4.91. The van der Waals surface area contributed by atoms with Crippen LogP contribution in [0.4, 0.5) is 9.52 Å². The van der Waals surface area contributed by atoms with Crippen LogP contribution in [0.5, 0.6) is 0 Å². The number of primary sulfonamides is 1. The first-order valence-electron chi connectivity index (χ1n) is 6.46. The molecule has 1 aliphatic heterocycles. The number of nitrogens with zero attached hydrogens (tertiary/aromatic N) is 2. The molecule has 1 aromatic heterocycles. The number of hydrogen-bond acceptors (Lipinski definition) is 5. The third-order valence-electron chi connectivity index (χ3n) is 3.51. The van der Waals surface area contributed by atoms with Gasteiger partial charge in [0, 0.05) is 6.54 Å². The van der Waals surface area contributed by atoms with Gasteiger partial charge in [0.25, 0.3) is 0 Å². The topological polar surface area (TPSA) is 76.3 Å². The maximum Gasteiger partial charge on any atom is 0.249 e. The fraction of sp³-hybridized carbons (Fsp3) is 0.308. The summed E-state index contributed by atoms with van der Waals surface area (Å²) in [5, 5.41) is 5.74. The molecule has 3 rings (SSSR count). The van der Waals surface area contributed by atoms with E-state index in [-0.39, 0.29) is 16.1 Å². The maximum atomic E-state index is 13.0. The van der Waals surface area contributed by atoms with Gasteiger partial charge in [-0.05, 0) is 30.5 Å². The third-order valence-corrected chi connectivity index (χ3v) is 5.95. The van der Waals surface area contributed by atoms with Crippen LogP contribution in [0.15, 0.2) is 34.7 Å². The normalized spacial score (nSPS) is 19.1. The molecule has 21 heavy (non-hydrogen) atoms. The quantitative estimate of drug-likeness (QED) is 0.938. The molecule has 0 amide bonds. The number of rotatable bonds is 3. The Morgan fingerprint density at radius 2 is 2.05 bits per heavy atom. The lowest BCUT2D eigenvalue weighted by atomic mass is 10.1. The number of halogens is 1. The Morgan fingerprint density at radius 1 is 1.33 bits per heavy atom. The molecule has 1 atom stereocenters. The molecule has 0 saturated carbocycles. The second-order valence-corrected chi connectivity index (χ2v) is 7.71. The molecule has 5 nitrogen and oxygen atoms in total. The van der Waals surface area contributed by atoms with Crippen molar-refractivity contribution in [1.29, 1.82) is 0 Å². The van der Waals surface area contributed by atoms with Crippen LogP contribution in [0.1, 0.15) is 24.4 Å². The summed E-state index contributed by atoms with van der Waals surface area (Å²) in [5.41, 5.74) is 1.00. The first-order chi connectivity index (χ1) is 9.95. The lowest BCUT2D eigenvalue weighted by Crippen LogP contribution is -2.22. The zero-order valence-electron chi connectivity index (χ0n) is 11.1. The monoisotopic (exact) mass is 327 g/mol. The van der Waals surface area contributed by atoms with Crippen LogP contribution in [0.25, 0.3) is 0 Å². The van der Waals surface area contributed by atoms with E-state index >= 15 is 0 Å². The molecule has 0 bridgehead atoms. The largest absolute Gasteiger partial charge is 0.341 e. The van der Waals surface area contributed by atoms with Crippen LogP contribution in [-0.2, 0) is 10.0 Å². The summed E-state index contributed by atoms with van der Waals surface area (Å²) in [5.74, 6) is -0.269. The molecule has 0 radical (unpaired) electrons. The number of hydrogen-bond donors (Lipinski definition) is 1. The van der Waals surface area contributed by atoms with Crippen molar-refractivity contribution in [3.05, 3.63) is 41.8 Å². The number of nitrogens with two attached hydrogens (primary N) is 1. The third kappa shape index (κ3) is 2.92. The highest BCUT2D eigenvalue weighted by Crippen LogP contribution is 2.38. The lowest BCUT2D eigenvalue weighted by molar-refractivity contribution is 0.599. The predicted octanol–water partition coefficient (Wildman–Crippen LogP) is 2.27. The predicted molar refractivity (Wildman–Crippen MR) is 79.2 cm³/mol. The highest BCUT2D eigenvalue weighted by atomic mass is 32.2. The van der Waals surface area contributed by atoms with E-state index in [4.69, 9.17) is 5.14 Å². The average molecular weight is 327 g/mol. The van der Waals surface area contributed by atoms with E-state index < -0.39 is 10.0 Å². The molecule has 1 unspecified atom stereocenters. The standard InChI is InChI=1S/C13H14FN3O2S2/c14-10-5-3-9(4-6-10)11-2-1-7-17(11)13-16-8-12(20-13)21(15,18)19/h3-6,8,11H,1-2,7H2,(H2,15,18,19). The number of thiazole rings is 1. The van der Waals surface area contributed by atoms with Gasteiger partial charge in [-0.2, -0.15) is 0 Å². The number of aromatic nitrogens is 1. The Morgan fingerprint density at radius 3 is 2.67 bits per heavy atom. The van der Waals surface area contributed by atoms with E-state index in [1.54, 1.807) is 12.1 Å². The minimum atomic E-state index is -3.72.